The van der Waals surface area contributed by atoms with E-state index in [2.05, 4.69) is 22.1 Å². The van der Waals surface area contributed by atoms with Crippen molar-refractivity contribution in [3.05, 3.63) is 28.6 Å². The van der Waals surface area contributed by atoms with Gasteiger partial charge >= 0.3 is 0 Å². The molecule has 0 unspecified atom stereocenters. The van der Waals surface area contributed by atoms with Crippen LogP contribution in [0.3, 0.4) is 0 Å². The first kappa shape index (κ1) is 15.2. The predicted molar refractivity (Wildman–Crippen MR) is 89.8 cm³/mol. The standard InChI is InChI=1S/C16H18ClN3O2S/c1-9-14(10-4-6-20(9)7-5-10)19-15(21)13-3-2-12(23-13)11-8-18-16(17)22-11/h2-3,8-10,14H,4-7H2,1H3,(H,19,21)/t9-,14-/m0/s1. The van der Waals surface area contributed by atoms with Crippen molar-refractivity contribution in [2.45, 2.75) is 31.8 Å². The number of hydrogen-bond acceptors (Lipinski definition) is 5. The van der Waals surface area contributed by atoms with Crippen molar-refractivity contribution in [1.29, 1.82) is 0 Å². The third-order valence-electron chi connectivity index (χ3n) is 5.03. The fourth-order valence-corrected chi connectivity index (χ4v) is 4.71. The van der Waals surface area contributed by atoms with Gasteiger partial charge in [0.2, 0.25) is 0 Å². The fraction of sp³-hybridized carbons (Fsp3) is 0.500. The minimum atomic E-state index is -0.00235. The van der Waals surface area contributed by atoms with Gasteiger partial charge in [0.25, 0.3) is 11.3 Å². The van der Waals surface area contributed by atoms with E-state index in [0.29, 0.717) is 22.6 Å². The van der Waals surface area contributed by atoms with E-state index in [1.54, 1.807) is 6.20 Å². The summed E-state index contributed by atoms with van der Waals surface area (Å²) in [6, 6.07) is 4.36. The van der Waals surface area contributed by atoms with Gasteiger partial charge in [-0.05, 0) is 62.5 Å². The van der Waals surface area contributed by atoms with E-state index in [1.807, 2.05) is 12.1 Å². The third kappa shape index (κ3) is 2.79. The highest BCUT2D eigenvalue weighted by atomic mass is 35.5. The molecule has 3 fully saturated rings. The Balaban J connectivity index is 1.48. The normalized spacial score (nSPS) is 29.7. The number of hydrogen-bond donors (Lipinski definition) is 1. The predicted octanol–water partition coefficient (Wildman–Crippen LogP) is 3.27. The first-order chi connectivity index (χ1) is 11.1. The van der Waals surface area contributed by atoms with Gasteiger partial charge in [-0.2, -0.15) is 0 Å². The van der Waals surface area contributed by atoms with Crippen LogP contribution in [0, 0.1) is 5.92 Å². The van der Waals surface area contributed by atoms with Gasteiger partial charge in [0.15, 0.2) is 5.76 Å². The topological polar surface area (TPSA) is 58.4 Å². The van der Waals surface area contributed by atoms with Crippen LogP contribution < -0.4 is 5.32 Å². The van der Waals surface area contributed by atoms with Crippen LogP contribution in [0.25, 0.3) is 10.6 Å². The molecule has 0 saturated carbocycles. The van der Waals surface area contributed by atoms with E-state index in [4.69, 9.17) is 16.0 Å². The molecule has 5 rings (SSSR count). The zero-order chi connectivity index (χ0) is 16.0. The largest absolute Gasteiger partial charge is 0.427 e. The number of amides is 1. The Labute approximate surface area is 143 Å². The number of carbonyl (C=O) groups is 1. The molecular formula is C16H18ClN3O2S. The molecule has 3 aliphatic heterocycles. The molecular weight excluding hydrogens is 334 g/mol. The lowest BCUT2D eigenvalue weighted by Crippen LogP contribution is -2.62. The molecule has 5 heterocycles. The quantitative estimate of drug-likeness (QED) is 0.922. The number of rotatable bonds is 3. The van der Waals surface area contributed by atoms with Crippen molar-refractivity contribution in [2.24, 2.45) is 5.92 Å². The number of nitrogens with one attached hydrogen (secondary N) is 1. The highest BCUT2D eigenvalue weighted by Gasteiger charge is 2.40. The number of carbonyl (C=O) groups excluding carboxylic acids is 1. The van der Waals surface area contributed by atoms with Crippen LogP contribution in [0.2, 0.25) is 5.35 Å². The number of fused-ring (bicyclic) bond motifs is 3. The Morgan fingerprint density at radius 3 is 2.87 bits per heavy atom. The van der Waals surface area contributed by atoms with Crippen LogP contribution in [0.5, 0.6) is 0 Å². The number of piperidine rings is 3. The summed E-state index contributed by atoms with van der Waals surface area (Å²) in [4.78, 5) is 20.5. The Hall–Kier alpha value is -1.37. The molecule has 3 saturated heterocycles. The molecule has 1 N–H and O–H groups in total. The van der Waals surface area contributed by atoms with Gasteiger partial charge in [0, 0.05) is 12.1 Å². The van der Waals surface area contributed by atoms with Gasteiger partial charge in [-0.25, -0.2) is 4.98 Å². The molecule has 2 aromatic rings. The van der Waals surface area contributed by atoms with Crippen LogP contribution >= 0.6 is 22.9 Å². The monoisotopic (exact) mass is 351 g/mol. The molecule has 23 heavy (non-hydrogen) atoms. The van der Waals surface area contributed by atoms with Gasteiger partial charge in [-0.3, -0.25) is 9.69 Å². The van der Waals surface area contributed by atoms with Crippen molar-refractivity contribution in [3.8, 4) is 10.6 Å². The van der Waals surface area contributed by atoms with E-state index in [-0.39, 0.29) is 17.3 Å². The van der Waals surface area contributed by atoms with Gasteiger partial charge in [0.05, 0.1) is 16.0 Å². The van der Waals surface area contributed by atoms with Gasteiger partial charge in [-0.15, -0.1) is 11.3 Å². The molecule has 7 heteroatoms. The van der Waals surface area contributed by atoms with Crippen molar-refractivity contribution in [1.82, 2.24) is 15.2 Å². The number of nitrogens with zero attached hydrogens (tertiary/aromatic N) is 2. The summed E-state index contributed by atoms with van der Waals surface area (Å²) in [6.07, 6.45) is 3.94. The Morgan fingerprint density at radius 1 is 1.43 bits per heavy atom. The van der Waals surface area contributed by atoms with Crippen LogP contribution in [0.1, 0.15) is 29.4 Å². The van der Waals surface area contributed by atoms with Crippen molar-refractivity contribution >= 4 is 28.8 Å². The fourth-order valence-electron chi connectivity index (χ4n) is 3.73. The molecule has 0 aromatic carbocycles. The number of halogens is 1. The van der Waals surface area contributed by atoms with E-state index >= 15 is 0 Å². The number of thiophene rings is 1. The van der Waals surface area contributed by atoms with E-state index in [0.717, 1.165) is 18.0 Å². The molecule has 0 radical (unpaired) electrons. The zero-order valence-electron chi connectivity index (χ0n) is 12.8. The lowest BCUT2D eigenvalue weighted by molar-refractivity contribution is 0.0218. The van der Waals surface area contributed by atoms with Gasteiger partial charge < -0.3 is 9.73 Å². The highest BCUT2D eigenvalue weighted by Crippen LogP contribution is 2.33. The summed E-state index contributed by atoms with van der Waals surface area (Å²) < 4.78 is 5.30. The minimum Gasteiger partial charge on any atom is -0.427 e. The van der Waals surface area contributed by atoms with E-state index in [1.165, 1.54) is 24.2 Å². The van der Waals surface area contributed by atoms with Crippen molar-refractivity contribution in [3.63, 3.8) is 0 Å². The Morgan fingerprint density at radius 2 is 2.22 bits per heavy atom. The average Bonchev–Trinajstić information content (AvgIpc) is 3.20. The second-order valence-electron chi connectivity index (χ2n) is 6.25. The van der Waals surface area contributed by atoms with Crippen molar-refractivity contribution in [2.75, 3.05) is 13.1 Å². The summed E-state index contributed by atoms with van der Waals surface area (Å²) >= 11 is 7.10. The molecule has 5 nitrogen and oxygen atoms in total. The second kappa shape index (κ2) is 5.92. The van der Waals surface area contributed by atoms with Gasteiger partial charge in [-0.1, -0.05) is 0 Å². The van der Waals surface area contributed by atoms with E-state index in [9.17, 15) is 4.79 Å². The lowest BCUT2D eigenvalue weighted by atomic mass is 9.79. The molecule has 2 aromatic heterocycles. The summed E-state index contributed by atoms with van der Waals surface area (Å²) in [5.41, 5.74) is 0. The molecule has 2 bridgehead atoms. The van der Waals surface area contributed by atoms with Gasteiger partial charge in [0.1, 0.15) is 0 Å². The summed E-state index contributed by atoms with van der Waals surface area (Å²) in [6.45, 7) is 4.54. The van der Waals surface area contributed by atoms with Crippen LogP contribution in [0.15, 0.2) is 22.7 Å². The number of oxazole rings is 1. The smallest absolute Gasteiger partial charge is 0.292 e. The maximum absolute atomic E-state index is 12.6. The Bertz CT molecular complexity index is 718. The zero-order valence-corrected chi connectivity index (χ0v) is 14.4. The molecule has 0 aliphatic carbocycles. The van der Waals surface area contributed by atoms with Crippen LogP contribution in [-0.2, 0) is 0 Å². The van der Waals surface area contributed by atoms with Crippen LogP contribution in [-0.4, -0.2) is 41.0 Å². The highest BCUT2D eigenvalue weighted by molar-refractivity contribution is 7.17. The number of aromatic nitrogens is 1. The maximum atomic E-state index is 12.6. The molecule has 1 amide bonds. The lowest BCUT2D eigenvalue weighted by Gasteiger charge is -2.49. The SMILES string of the molecule is C[C@H]1[C@H](NC(=O)c2ccc(-c3cnc(Cl)o3)s2)C2CCN1CC2. The molecule has 122 valence electrons. The first-order valence-corrected chi connectivity index (χ1v) is 9.08. The third-order valence-corrected chi connectivity index (χ3v) is 6.30. The molecule has 3 aliphatic rings. The summed E-state index contributed by atoms with van der Waals surface area (Å²) in [5.74, 6) is 1.19. The minimum absolute atomic E-state index is 0.00235. The molecule has 0 spiro atoms. The first-order valence-electron chi connectivity index (χ1n) is 7.88. The average molecular weight is 352 g/mol. The Kier molecular flexibility index (Phi) is 3.91. The van der Waals surface area contributed by atoms with E-state index < -0.39 is 0 Å². The molecule has 2 atom stereocenters. The maximum Gasteiger partial charge on any atom is 0.292 e. The summed E-state index contributed by atoms with van der Waals surface area (Å²) in [5, 5.41) is 3.36. The summed E-state index contributed by atoms with van der Waals surface area (Å²) in [7, 11) is 0. The van der Waals surface area contributed by atoms with Crippen molar-refractivity contribution < 1.29 is 9.21 Å². The van der Waals surface area contributed by atoms with Crippen LogP contribution in [0.4, 0.5) is 0 Å². The second-order valence-corrected chi connectivity index (χ2v) is 7.66.